The Bertz CT molecular complexity index is 753. The van der Waals surface area contributed by atoms with Gasteiger partial charge >= 0.3 is 5.97 Å². The van der Waals surface area contributed by atoms with Gasteiger partial charge in [0.25, 0.3) is 0 Å². The van der Waals surface area contributed by atoms with E-state index in [0.29, 0.717) is 12.8 Å². The molecule has 0 aliphatic carbocycles. The van der Waals surface area contributed by atoms with E-state index in [1.165, 1.54) is 0 Å². The van der Waals surface area contributed by atoms with Crippen molar-refractivity contribution in [2.24, 2.45) is 0 Å². The minimum absolute atomic E-state index is 0.0300. The summed E-state index contributed by atoms with van der Waals surface area (Å²) in [6.07, 6.45) is 3.10. The van der Waals surface area contributed by atoms with Crippen molar-refractivity contribution < 1.29 is 14.3 Å². The van der Waals surface area contributed by atoms with E-state index in [1.54, 1.807) is 0 Å². The fourth-order valence-corrected chi connectivity index (χ4v) is 2.84. The van der Waals surface area contributed by atoms with Gasteiger partial charge in [0.1, 0.15) is 12.1 Å². The molecule has 1 aliphatic heterocycles. The molecular formula is C17H20N2O3. The van der Waals surface area contributed by atoms with E-state index >= 15 is 0 Å². The van der Waals surface area contributed by atoms with Crippen molar-refractivity contribution in [2.45, 2.75) is 45.8 Å². The number of nitrogens with zero attached hydrogens (tertiary/aromatic N) is 1. The van der Waals surface area contributed by atoms with Crippen LogP contribution in [0.1, 0.15) is 32.8 Å². The van der Waals surface area contributed by atoms with E-state index in [1.807, 2.05) is 49.7 Å². The van der Waals surface area contributed by atoms with Crippen molar-refractivity contribution in [2.75, 3.05) is 5.32 Å². The molecule has 0 saturated heterocycles. The quantitative estimate of drug-likeness (QED) is 0.868. The normalized spacial score (nSPS) is 14.6. The number of hydrogen-bond acceptors (Lipinski definition) is 3. The zero-order valence-electron chi connectivity index (χ0n) is 13.1. The number of ether oxygens (including phenoxy) is 1. The van der Waals surface area contributed by atoms with Crippen LogP contribution in [0.25, 0.3) is 10.9 Å². The Morgan fingerprint density at radius 2 is 2.09 bits per heavy atom. The molecule has 1 aliphatic rings. The molecule has 5 heteroatoms. The molecule has 0 unspecified atom stereocenters. The summed E-state index contributed by atoms with van der Waals surface area (Å²) in [4.78, 5) is 23.8. The van der Waals surface area contributed by atoms with Gasteiger partial charge in [0.2, 0.25) is 5.91 Å². The first-order chi connectivity index (χ1) is 10.3. The molecule has 5 nitrogen and oxygen atoms in total. The van der Waals surface area contributed by atoms with E-state index in [4.69, 9.17) is 4.74 Å². The molecule has 1 N–H and O–H groups in total. The molecule has 0 radical (unpaired) electrons. The van der Waals surface area contributed by atoms with Gasteiger partial charge in [-0.25, -0.2) is 0 Å². The molecule has 1 amide bonds. The summed E-state index contributed by atoms with van der Waals surface area (Å²) >= 11 is 0. The average Bonchev–Trinajstić information content (AvgIpc) is 2.64. The van der Waals surface area contributed by atoms with Crippen molar-refractivity contribution >= 4 is 28.5 Å². The second kappa shape index (κ2) is 5.16. The molecule has 22 heavy (non-hydrogen) atoms. The predicted molar refractivity (Wildman–Crippen MR) is 84.7 cm³/mol. The van der Waals surface area contributed by atoms with Crippen LogP contribution in [-0.4, -0.2) is 22.0 Å². The van der Waals surface area contributed by atoms with Gasteiger partial charge < -0.3 is 14.6 Å². The fraction of sp³-hybridized carbons (Fsp3) is 0.412. The van der Waals surface area contributed by atoms with Gasteiger partial charge in [-0.3, -0.25) is 9.59 Å². The number of benzene rings is 1. The molecule has 1 aromatic heterocycles. The monoisotopic (exact) mass is 300 g/mol. The van der Waals surface area contributed by atoms with Crippen LogP contribution >= 0.6 is 0 Å². The standard InChI is InChI=1S/C17H20N2O3/c1-17(2,3)22-15(21)10-19-9-11-7-8-14(20)18-12-5-4-6-13(19)16(11)12/h4-6,9H,7-8,10H2,1-3H3,(H,18,20). The summed E-state index contributed by atoms with van der Waals surface area (Å²) in [7, 11) is 0. The molecule has 1 aromatic carbocycles. The van der Waals surface area contributed by atoms with Gasteiger partial charge in [-0.15, -0.1) is 0 Å². The number of esters is 1. The van der Waals surface area contributed by atoms with Crippen molar-refractivity contribution in [3.63, 3.8) is 0 Å². The zero-order chi connectivity index (χ0) is 15.9. The van der Waals surface area contributed by atoms with Crippen LogP contribution in [0.2, 0.25) is 0 Å². The largest absolute Gasteiger partial charge is 0.459 e. The highest BCUT2D eigenvalue weighted by Crippen LogP contribution is 2.32. The number of carbonyl (C=O) groups excluding carboxylic acids is 2. The lowest BCUT2D eigenvalue weighted by atomic mass is 10.1. The number of anilines is 1. The number of rotatable bonds is 2. The van der Waals surface area contributed by atoms with Gasteiger partial charge in [-0.2, -0.15) is 0 Å². The summed E-state index contributed by atoms with van der Waals surface area (Å²) in [6.45, 7) is 5.74. The van der Waals surface area contributed by atoms with Crippen LogP contribution in [0.3, 0.4) is 0 Å². The van der Waals surface area contributed by atoms with Gasteiger partial charge in [0.05, 0.1) is 11.2 Å². The topological polar surface area (TPSA) is 60.3 Å². The van der Waals surface area contributed by atoms with Crippen molar-refractivity contribution in [1.29, 1.82) is 0 Å². The molecule has 0 saturated carbocycles. The summed E-state index contributed by atoms with van der Waals surface area (Å²) in [5.74, 6) is -0.232. The van der Waals surface area contributed by atoms with Crippen LogP contribution in [0, 0.1) is 0 Å². The maximum Gasteiger partial charge on any atom is 0.326 e. The SMILES string of the molecule is CC(C)(C)OC(=O)Cn1cc2c3c(cccc31)NC(=O)CC2. The zero-order valence-corrected chi connectivity index (χ0v) is 13.1. The van der Waals surface area contributed by atoms with Crippen molar-refractivity contribution in [3.8, 4) is 0 Å². The minimum atomic E-state index is -0.493. The molecule has 2 heterocycles. The van der Waals surface area contributed by atoms with Gasteiger partial charge in [0, 0.05) is 18.0 Å². The molecular weight excluding hydrogens is 280 g/mol. The fourth-order valence-electron chi connectivity index (χ4n) is 2.84. The second-order valence-electron chi connectivity index (χ2n) is 6.62. The van der Waals surface area contributed by atoms with E-state index in [0.717, 1.165) is 22.2 Å². The maximum absolute atomic E-state index is 12.1. The third-order valence-electron chi connectivity index (χ3n) is 3.60. The Labute approximate surface area is 129 Å². The van der Waals surface area contributed by atoms with Crippen molar-refractivity contribution in [1.82, 2.24) is 4.57 Å². The summed E-state index contributed by atoms with van der Waals surface area (Å²) in [5.41, 5.74) is 2.36. The van der Waals surface area contributed by atoms with Crippen LogP contribution in [0.5, 0.6) is 0 Å². The molecule has 2 aromatic rings. The molecule has 3 rings (SSSR count). The molecule has 0 bridgehead atoms. The first-order valence-electron chi connectivity index (χ1n) is 7.46. The lowest BCUT2D eigenvalue weighted by molar-refractivity contribution is -0.155. The highest BCUT2D eigenvalue weighted by molar-refractivity contribution is 6.05. The molecule has 116 valence electrons. The van der Waals surface area contributed by atoms with Gasteiger partial charge in [-0.1, -0.05) is 6.07 Å². The number of aromatic nitrogens is 1. The number of nitrogens with one attached hydrogen (secondary N) is 1. The highest BCUT2D eigenvalue weighted by atomic mass is 16.6. The third kappa shape index (κ3) is 2.84. The summed E-state index contributed by atoms with van der Waals surface area (Å²) in [5, 5.41) is 3.95. The first kappa shape index (κ1) is 14.6. The lowest BCUT2D eigenvalue weighted by Gasteiger charge is -2.19. The Hall–Kier alpha value is -2.30. The average molecular weight is 300 g/mol. The van der Waals surface area contributed by atoms with Crippen molar-refractivity contribution in [3.05, 3.63) is 30.0 Å². The van der Waals surface area contributed by atoms with Crippen LogP contribution in [0.4, 0.5) is 5.69 Å². The lowest BCUT2D eigenvalue weighted by Crippen LogP contribution is -2.26. The number of hydrogen-bond donors (Lipinski definition) is 1. The van der Waals surface area contributed by atoms with Crippen LogP contribution in [0.15, 0.2) is 24.4 Å². The Kier molecular flexibility index (Phi) is 3.43. The van der Waals surface area contributed by atoms with E-state index in [2.05, 4.69) is 5.32 Å². The number of aryl methyl sites for hydroxylation is 1. The predicted octanol–water partition coefficient (Wildman–Crippen LogP) is 2.87. The molecule has 0 atom stereocenters. The van der Waals surface area contributed by atoms with Gasteiger partial charge in [0.15, 0.2) is 0 Å². The summed E-state index contributed by atoms with van der Waals surface area (Å²) in [6, 6.07) is 5.75. The summed E-state index contributed by atoms with van der Waals surface area (Å²) < 4.78 is 7.29. The second-order valence-corrected chi connectivity index (χ2v) is 6.62. The molecule has 0 spiro atoms. The maximum atomic E-state index is 12.1. The Balaban J connectivity index is 1.97. The molecule has 0 fully saturated rings. The van der Waals surface area contributed by atoms with E-state index < -0.39 is 5.60 Å². The number of carbonyl (C=O) groups is 2. The minimum Gasteiger partial charge on any atom is -0.459 e. The van der Waals surface area contributed by atoms with Crippen LogP contribution < -0.4 is 5.32 Å². The first-order valence-corrected chi connectivity index (χ1v) is 7.46. The van der Waals surface area contributed by atoms with E-state index in [9.17, 15) is 9.59 Å². The highest BCUT2D eigenvalue weighted by Gasteiger charge is 2.21. The Morgan fingerprint density at radius 1 is 1.32 bits per heavy atom. The van der Waals surface area contributed by atoms with E-state index in [-0.39, 0.29) is 18.4 Å². The smallest absolute Gasteiger partial charge is 0.326 e. The Morgan fingerprint density at radius 3 is 2.82 bits per heavy atom. The van der Waals surface area contributed by atoms with Crippen LogP contribution in [-0.2, 0) is 27.3 Å². The number of amides is 1. The van der Waals surface area contributed by atoms with Gasteiger partial charge in [-0.05, 0) is 44.9 Å². The third-order valence-corrected chi connectivity index (χ3v) is 3.60.